The van der Waals surface area contributed by atoms with Crippen LogP contribution in [0.15, 0.2) is 65.4 Å². The highest BCUT2D eigenvalue weighted by Crippen LogP contribution is 2.16. The lowest BCUT2D eigenvalue weighted by atomic mass is 10.1. The van der Waals surface area contributed by atoms with E-state index < -0.39 is 0 Å². The fourth-order valence-electron chi connectivity index (χ4n) is 2.25. The Morgan fingerprint density at radius 1 is 1.04 bits per heavy atom. The molecule has 1 aromatic heterocycles. The Labute approximate surface area is 153 Å². The van der Waals surface area contributed by atoms with Gasteiger partial charge in [-0.25, -0.2) is 9.48 Å². The predicted molar refractivity (Wildman–Crippen MR) is 100 cm³/mol. The first-order valence-corrected chi connectivity index (χ1v) is 8.30. The second-order valence-electron chi connectivity index (χ2n) is 5.37. The highest BCUT2D eigenvalue weighted by Gasteiger charge is 2.06. The third kappa shape index (κ3) is 4.33. The van der Waals surface area contributed by atoms with Crippen LogP contribution in [0.25, 0.3) is 5.69 Å². The van der Waals surface area contributed by atoms with Gasteiger partial charge in [0.2, 0.25) is 0 Å². The third-order valence-corrected chi connectivity index (χ3v) is 3.88. The molecule has 3 aromatic rings. The molecular weight excluding hydrogens is 384 g/mol. The number of benzene rings is 2. The first-order valence-electron chi connectivity index (χ1n) is 7.51. The van der Waals surface area contributed by atoms with E-state index in [2.05, 4.69) is 31.7 Å². The van der Waals surface area contributed by atoms with Gasteiger partial charge < -0.3 is 10.6 Å². The van der Waals surface area contributed by atoms with Gasteiger partial charge in [0, 0.05) is 23.1 Å². The van der Waals surface area contributed by atoms with Gasteiger partial charge in [0.25, 0.3) is 0 Å². The summed E-state index contributed by atoms with van der Waals surface area (Å²) in [4.78, 5) is 23.5. The van der Waals surface area contributed by atoms with E-state index in [9.17, 15) is 9.59 Å². The van der Waals surface area contributed by atoms with Gasteiger partial charge in [0.1, 0.15) is 0 Å². The van der Waals surface area contributed by atoms with Crippen LogP contribution in [0.5, 0.6) is 0 Å². The number of carbonyl (C=O) groups excluding carboxylic acids is 2. The van der Waals surface area contributed by atoms with Gasteiger partial charge in [0.15, 0.2) is 5.78 Å². The normalized spacial score (nSPS) is 10.3. The van der Waals surface area contributed by atoms with Crippen LogP contribution in [0.2, 0.25) is 0 Å². The van der Waals surface area contributed by atoms with Gasteiger partial charge in [-0.1, -0.05) is 12.1 Å². The van der Waals surface area contributed by atoms with Crippen molar-refractivity contribution in [1.82, 2.24) is 9.78 Å². The number of amides is 2. The van der Waals surface area contributed by atoms with E-state index in [0.29, 0.717) is 16.9 Å². The number of hydrogen-bond donors (Lipinski definition) is 2. The second-order valence-corrected chi connectivity index (χ2v) is 6.28. The number of nitrogens with one attached hydrogen (secondary N) is 2. The lowest BCUT2D eigenvalue weighted by molar-refractivity contribution is 0.101. The maximum absolute atomic E-state index is 12.1. The Bertz CT molecular complexity index is 919. The molecule has 0 fully saturated rings. The number of rotatable bonds is 4. The summed E-state index contributed by atoms with van der Waals surface area (Å²) in [6, 6.07) is 13.7. The van der Waals surface area contributed by atoms with E-state index in [-0.39, 0.29) is 11.8 Å². The Balaban J connectivity index is 1.65. The Kier molecular flexibility index (Phi) is 4.95. The molecule has 0 saturated carbocycles. The highest BCUT2D eigenvalue weighted by molar-refractivity contribution is 9.10. The number of carbonyl (C=O) groups is 2. The molecular formula is C18H15BrN4O2. The zero-order valence-electron chi connectivity index (χ0n) is 13.4. The molecule has 126 valence electrons. The van der Waals surface area contributed by atoms with Gasteiger partial charge in [-0.05, 0) is 59.3 Å². The number of halogens is 1. The summed E-state index contributed by atoms with van der Waals surface area (Å²) in [7, 11) is 0. The van der Waals surface area contributed by atoms with Crippen molar-refractivity contribution in [2.75, 3.05) is 10.6 Å². The summed E-state index contributed by atoms with van der Waals surface area (Å²) < 4.78 is 2.61. The maximum atomic E-state index is 12.1. The van der Waals surface area contributed by atoms with Crippen LogP contribution in [0, 0.1) is 0 Å². The summed E-state index contributed by atoms with van der Waals surface area (Å²) in [5.41, 5.74) is 2.64. The molecule has 0 atom stereocenters. The lowest BCUT2D eigenvalue weighted by Gasteiger charge is -2.09. The smallest absolute Gasteiger partial charge is 0.308 e. The second kappa shape index (κ2) is 7.31. The van der Waals surface area contributed by atoms with Crippen molar-refractivity contribution in [2.45, 2.75) is 6.92 Å². The van der Waals surface area contributed by atoms with Gasteiger partial charge in [0.05, 0.1) is 16.4 Å². The van der Waals surface area contributed by atoms with E-state index in [1.54, 1.807) is 47.3 Å². The zero-order chi connectivity index (χ0) is 17.8. The largest absolute Gasteiger partial charge is 0.323 e. The molecule has 0 bridgehead atoms. The van der Waals surface area contributed by atoms with E-state index >= 15 is 0 Å². The number of hydrogen-bond acceptors (Lipinski definition) is 3. The van der Waals surface area contributed by atoms with Crippen molar-refractivity contribution in [3.63, 3.8) is 0 Å². The van der Waals surface area contributed by atoms with Crippen molar-refractivity contribution in [2.24, 2.45) is 0 Å². The van der Waals surface area contributed by atoms with Gasteiger partial charge in [-0.2, -0.15) is 5.10 Å². The molecule has 2 aromatic carbocycles. The van der Waals surface area contributed by atoms with Crippen LogP contribution in [0.4, 0.5) is 16.2 Å². The monoisotopic (exact) mass is 398 g/mol. The lowest BCUT2D eigenvalue weighted by Crippen LogP contribution is -2.19. The van der Waals surface area contributed by atoms with Gasteiger partial charge in [-0.3, -0.25) is 4.79 Å². The summed E-state index contributed by atoms with van der Waals surface area (Å²) >= 11 is 3.35. The van der Waals surface area contributed by atoms with Crippen molar-refractivity contribution in [1.29, 1.82) is 0 Å². The molecule has 25 heavy (non-hydrogen) atoms. The number of ketones is 1. The highest BCUT2D eigenvalue weighted by atomic mass is 79.9. The average Bonchev–Trinajstić information content (AvgIpc) is 3.02. The molecule has 0 spiro atoms. The predicted octanol–water partition coefficient (Wildman–Crippen LogP) is 4.48. The SMILES string of the molecule is CC(=O)c1cccc(NC(=O)Nc2ccc(-n3cc(Br)cn3)cc2)c1. The van der Waals surface area contributed by atoms with Crippen LogP contribution in [-0.4, -0.2) is 21.6 Å². The summed E-state index contributed by atoms with van der Waals surface area (Å²) in [5.74, 6) is -0.0510. The fourth-order valence-corrected chi connectivity index (χ4v) is 2.53. The molecule has 7 heteroatoms. The van der Waals surface area contributed by atoms with Crippen LogP contribution in [-0.2, 0) is 0 Å². The first-order chi connectivity index (χ1) is 12.0. The summed E-state index contributed by atoms with van der Waals surface area (Å²) in [6.45, 7) is 1.49. The van der Waals surface area contributed by atoms with Crippen molar-refractivity contribution in [3.8, 4) is 5.69 Å². The standard InChI is InChI=1S/C18H15BrN4O2/c1-12(24)13-3-2-4-16(9-13)22-18(25)21-15-5-7-17(8-6-15)23-11-14(19)10-20-23/h2-11H,1H3,(H2,21,22,25). The molecule has 0 radical (unpaired) electrons. The molecule has 0 unspecified atom stereocenters. The van der Waals surface area contributed by atoms with E-state index in [0.717, 1.165) is 10.2 Å². The van der Waals surface area contributed by atoms with Crippen molar-refractivity contribution >= 4 is 39.1 Å². The molecule has 6 nitrogen and oxygen atoms in total. The molecule has 2 N–H and O–H groups in total. The number of nitrogens with zero attached hydrogens (tertiary/aromatic N) is 2. The van der Waals surface area contributed by atoms with Crippen LogP contribution >= 0.6 is 15.9 Å². The maximum Gasteiger partial charge on any atom is 0.323 e. The Morgan fingerprint density at radius 2 is 1.76 bits per heavy atom. The van der Waals surface area contributed by atoms with E-state index in [1.165, 1.54) is 6.92 Å². The molecule has 0 aliphatic carbocycles. The summed E-state index contributed by atoms with van der Waals surface area (Å²) in [5, 5.41) is 9.66. The molecule has 1 heterocycles. The average molecular weight is 399 g/mol. The first kappa shape index (κ1) is 16.9. The Morgan fingerprint density at radius 3 is 2.40 bits per heavy atom. The number of urea groups is 1. The molecule has 3 rings (SSSR count). The minimum Gasteiger partial charge on any atom is -0.308 e. The number of anilines is 2. The summed E-state index contributed by atoms with van der Waals surface area (Å²) in [6.07, 6.45) is 3.55. The number of aromatic nitrogens is 2. The Hall–Kier alpha value is -2.93. The van der Waals surface area contributed by atoms with E-state index in [1.807, 2.05) is 18.3 Å². The fraction of sp³-hybridized carbons (Fsp3) is 0.0556. The quantitative estimate of drug-likeness (QED) is 0.635. The van der Waals surface area contributed by atoms with Crippen molar-refractivity contribution in [3.05, 3.63) is 71.0 Å². The van der Waals surface area contributed by atoms with Gasteiger partial charge >= 0.3 is 6.03 Å². The topological polar surface area (TPSA) is 76.0 Å². The minimum atomic E-state index is -0.379. The van der Waals surface area contributed by atoms with Crippen molar-refractivity contribution < 1.29 is 9.59 Å². The van der Waals surface area contributed by atoms with Crippen LogP contribution in [0.1, 0.15) is 17.3 Å². The minimum absolute atomic E-state index is 0.0510. The third-order valence-electron chi connectivity index (χ3n) is 3.47. The molecule has 0 aliphatic rings. The number of Topliss-reactive ketones (excluding diaryl/α,β-unsaturated/α-hetero) is 1. The van der Waals surface area contributed by atoms with E-state index in [4.69, 9.17) is 0 Å². The molecule has 0 saturated heterocycles. The molecule has 2 amide bonds. The van der Waals surface area contributed by atoms with Crippen LogP contribution < -0.4 is 10.6 Å². The zero-order valence-corrected chi connectivity index (χ0v) is 14.9. The van der Waals surface area contributed by atoms with Gasteiger partial charge in [-0.15, -0.1) is 0 Å². The van der Waals surface area contributed by atoms with Crippen LogP contribution in [0.3, 0.4) is 0 Å². The molecule has 0 aliphatic heterocycles.